The normalized spacial score (nSPS) is 12.8. The summed E-state index contributed by atoms with van der Waals surface area (Å²) in [6.07, 6.45) is 2.99. The monoisotopic (exact) mass is 286 g/mol. The summed E-state index contributed by atoms with van der Waals surface area (Å²) >= 11 is 0. The van der Waals surface area contributed by atoms with Gasteiger partial charge in [0.15, 0.2) is 0 Å². The van der Waals surface area contributed by atoms with E-state index in [1.54, 1.807) is 0 Å². The van der Waals surface area contributed by atoms with Crippen LogP contribution in [0.3, 0.4) is 0 Å². The van der Waals surface area contributed by atoms with Gasteiger partial charge in [0.1, 0.15) is 0 Å². The summed E-state index contributed by atoms with van der Waals surface area (Å²) in [7, 11) is 4.17. The van der Waals surface area contributed by atoms with Crippen LogP contribution in [0.25, 0.3) is 0 Å². The molecule has 2 rings (SSSR count). The first-order valence-corrected chi connectivity index (χ1v) is 7.60. The van der Waals surface area contributed by atoms with Gasteiger partial charge in [-0.05, 0) is 45.1 Å². The van der Waals surface area contributed by atoms with Crippen molar-refractivity contribution in [3.63, 3.8) is 0 Å². The molecule has 114 valence electrons. The van der Waals surface area contributed by atoms with Crippen LogP contribution in [-0.4, -0.2) is 34.8 Å². The Kier molecular flexibility index (Phi) is 5.96. The molecule has 1 aromatic carbocycles. The lowest BCUT2D eigenvalue weighted by molar-refractivity contribution is 0.317. The lowest BCUT2D eigenvalue weighted by Crippen LogP contribution is -2.26. The zero-order valence-electron chi connectivity index (χ0n) is 13.3. The van der Waals surface area contributed by atoms with E-state index >= 15 is 0 Å². The minimum Gasteiger partial charge on any atom is -0.309 e. The van der Waals surface area contributed by atoms with Gasteiger partial charge in [-0.3, -0.25) is 4.68 Å². The smallest absolute Gasteiger partial charge is 0.0547 e. The molecule has 0 aliphatic heterocycles. The molecule has 1 aromatic heterocycles. The predicted molar refractivity (Wildman–Crippen MR) is 87.0 cm³/mol. The second kappa shape index (κ2) is 7.96. The Balaban J connectivity index is 1.64. The molecule has 0 radical (unpaired) electrons. The molecule has 4 nitrogen and oxygen atoms in total. The molecule has 0 aliphatic rings. The fraction of sp³-hybridized carbons (Fsp3) is 0.471. The number of nitrogens with zero attached hydrogens (tertiary/aromatic N) is 3. The van der Waals surface area contributed by atoms with Crippen LogP contribution in [-0.2, 0) is 13.6 Å². The molecular weight excluding hydrogens is 260 g/mol. The van der Waals surface area contributed by atoms with Crippen molar-refractivity contribution in [3.05, 3.63) is 53.9 Å². The molecule has 0 fully saturated rings. The quantitative estimate of drug-likeness (QED) is 0.757. The molecule has 1 unspecified atom stereocenters. The number of hydrogen-bond acceptors (Lipinski definition) is 3. The third-order valence-corrected chi connectivity index (χ3v) is 3.76. The highest BCUT2D eigenvalue weighted by Gasteiger charge is 2.08. The lowest BCUT2D eigenvalue weighted by atomic mass is 10.2. The molecule has 0 amide bonds. The lowest BCUT2D eigenvalue weighted by Gasteiger charge is -2.18. The number of benzene rings is 1. The second-order valence-electron chi connectivity index (χ2n) is 5.63. The van der Waals surface area contributed by atoms with Crippen molar-refractivity contribution in [2.45, 2.75) is 25.9 Å². The van der Waals surface area contributed by atoms with E-state index < -0.39 is 0 Å². The highest BCUT2D eigenvalue weighted by atomic mass is 15.3. The van der Waals surface area contributed by atoms with Gasteiger partial charge in [-0.2, -0.15) is 5.10 Å². The second-order valence-corrected chi connectivity index (χ2v) is 5.63. The van der Waals surface area contributed by atoms with Crippen LogP contribution < -0.4 is 5.32 Å². The number of aryl methyl sites for hydroxylation is 1. The highest BCUT2D eigenvalue weighted by Crippen LogP contribution is 2.10. The van der Waals surface area contributed by atoms with Gasteiger partial charge in [0, 0.05) is 25.8 Å². The van der Waals surface area contributed by atoms with Crippen molar-refractivity contribution >= 4 is 0 Å². The van der Waals surface area contributed by atoms with E-state index in [1.165, 1.54) is 11.3 Å². The van der Waals surface area contributed by atoms with Gasteiger partial charge < -0.3 is 10.2 Å². The van der Waals surface area contributed by atoms with E-state index in [2.05, 4.69) is 65.7 Å². The summed E-state index contributed by atoms with van der Waals surface area (Å²) in [5.41, 5.74) is 2.60. The van der Waals surface area contributed by atoms with Crippen LogP contribution >= 0.6 is 0 Å². The predicted octanol–water partition coefficient (Wildman–Crippen LogP) is 2.59. The van der Waals surface area contributed by atoms with Crippen LogP contribution in [0, 0.1) is 0 Å². The van der Waals surface area contributed by atoms with Crippen LogP contribution in [0.1, 0.15) is 30.6 Å². The largest absolute Gasteiger partial charge is 0.309 e. The molecule has 0 saturated heterocycles. The fourth-order valence-corrected chi connectivity index (χ4v) is 2.56. The van der Waals surface area contributed by atoms with Crippen LogP contribution in [0.15, 0.2) is 42.6 Å². The first-order chi connectivity index (χ1) is 10.2. The minimum atomic E-state index is 0.344. The molecule has 4 heteroatoms. The van der Waals surface area contributed by atoms with Crippen LogP contribution in [0.5, 0.6) is 0 Å². The number of rotatable bonds is 8. The average molecular weight is 286 g/mol. The topological polar surface area (TPSA) is 33.1 Å². The van der Waals surface area contributed by atoms with Gasteiger partial charge >= 0.3 is 0 Å². The summed E-state index contributed by atoms with van der Waals surface area (Å²) in [6, 6.07) is 13.0. The van der Waals surface area contributed by atoms with Crippen molar-refractivity contribution in [1.82, 2.24) is 20.0 Å². The Morgan fingerprint density at radius 1 is 1.24 bits per heavy atom. The molecule has 1 heterocycles. The molecule has 2 aromatic rings. The zero-order valence-corrected chi connectivity index (χ0v) is 13.3. The van der Waals surface area contributed by atoms with Crippen LogP contribution in [0.4, 0.5) is 0 Å². The molecule has 0 spiro atoms. The molecule has 1 N–H and O–H groups in total. The van der Waals surface area contributed by atoms with E-state index in [-0.39, 0.29) is 0 Å². The maximum absolute atomic E-state index is 4.21. The van der Waals surface area contributed by atoms with Crippen molar-refractivity contribution in [2.75, 3.05) is 20.1 Å². The molecule has 21 heavy (non-hydrogen) atoms. The third-order valence-electron chi connectivity index (χ3n) is 3.76. The van der Waals surface area contributed by atoms with Gasteiger partial charge in [0.2, 0.25) is 0 Å². The molecule has 0 bridgehead atoms. The highest BCUT2D eigenvalue weighted by molar-refractivity contribution is 5.14. The Morgan fingerprint density at radius 2 is 2.00 bits per heavy atom. The van der Waals surface area contributed by atoms with Gasteiger partial charge in [-0.25, -0.2) is 0 Å². The van der Waals surface area contributed by atoms with Crippen molar-refractivity contribution in [2.24, 2.45) is 7.05 Å². The maximum atomic E-state index is 4.21. The Morgan fingerprint density at radius 3 is 2.67 bits per heavy atom. The first kappa shape index (κ1) is 15.7. The standard InChI is InChI=1S/C17H26N4/c1-15(17-10-12-19-21(17)3)18-11-7-13-20(2)14-16-8-5-4-6-9-16/h4-6,8-10,12,15,18H,7,11,13-14H2,1-3H3. The van der Waals surface area contributed by atoms with E-state index in [9.17, 15) is 0 Å². The molecular formula is C17H26N4. The van der Waals surface area contributed by atoms with Gasteiger partial charge in [-0.1, -0.05) is 30.3 Å². The van der Waals surface area contributed by atoms with Gasteiger partial charge in [0.25, 0.3) is 0 Å². The van der Waals surface area contributed by atoms with Crippen molar-refractivity contribution in [3.8, 4) is 0 Å². The zero-order chi connectivity index (χ0) is 15.1. The molecule has 0 aliphatic carbocycles. The van der Waals surface area contributed by atoms with Gasteiger partial charge in [0.05, 0.1) is 5.69 Å². The van der Waals surface area contributed by atoms with Crippen molar-refractivity contribution in [1.29, 1.82) is 0 Å². The minimum absolute atomic E-state index is 0.344. The molecule has 0 saturated carbocycles. The Hall–Kier alpha value is -1.65. The van der Waals surface area contributed by atoms with Crippen molar-refractivity contribution < 1.29 is 0 Å². The summed E-state index contributed by atoms with van der Waals surface area (Å²) in [5.74, 6) is 0. The number of hydrogen-bond donors (Lipinski definition) is 1. The first-order valence-electron chi connectivity index (χ1n) is 7.60. The summed E-state index contributed by atoms with van der Waals surface area (Å²) < 4.78 is 1.93. The van der Waals surface area contributed by atoms with Crippen LogP contribution in [0.2, 0.25) is 0 Å². The van der Waals surface area contributed by atoms with E-state index in [4.69, 9.17) is 0 Å². The number of aromatic nitrogens is 2. The Bertz CT molecular complexity index is 521. The summed E-state index contributed by atoms with van der Waals surface area (Å²) in [6.45, 7) is 5.31. The average Bonchev–Trinajstić information content (AvgIpc) is 2.91. The third kappa shape index (κ3) is 4.99. The fourth-order valence-electron chi connectivity index (χ4n) is 2.56. The maximum Gasteiger partial charge on any atom is 0.0547 e. The Labute approximate surface area is 127 Å². The summed E-state index contributed by atoms with van der Waals surface area (Å²) in [5, 5.41) is 7.77. The van der Waals surface area contributed by atoms with E-state index in [1.807, 2.05) is 17.9 Å². The molecule has 1 atom stereocenters. The summed E-state index contributed by atoms with van der Waals surface area (Å²) in [4.78, 5) is 2.37. The van der Waals surface area contributed by atoms with Gasteiger partial charge in [-0.15, -0.1) is 0 Å². The number of nitrogens with one attached hydrogen (secondary N) is 1. The SMILES string of the molecule is CC(NCCCN(C)Cc1ccccc1)c1ccnn1C. The van der Waals surface area contributed by atoms with E-state index in [0.717, 1.165) is 26.1 Å². The van der Waals surface area contributed by atoms with E-state index in [0.29, 0.717) is 6.04 Å².